The Morgan fingerprint density at radius 2 is 1.91 bits per heavy atom. The van der Waals surface area contributed by atoms with Crippen LogP contribution in [0.3, 0.4) is 0 Å². The molecule has 0 fully saturated rings. The Balaban J connectivity index is 2.43. The highest BCUT2D eigenvalue weighted by molar-refractivity contribution is 5.78. The lowest BCUT2D eigenvalue weighted by atomic mass is 10.1. The van der Waals surface area contributed by atoms with Crippen LogP contribution in [0.15, 0.2) is 24.3 Å². The van der Waals surface area contributed by atoms with E-state index >= 15 is 0 Å². The molecule has 1 rings (SSSR count). The molecule has 0 spiro atoms. The molecule has 22 heavy (non-hydrogen) atoms. The summed E-state index contributed by atoms with van der Waals surface area (Å²) in [6.07, 6.45) is 3.65. The summed E-state index contributed by atoms with van der Waals surface area (Å²) in [6.45, 7) is 7.47. The number of hydrogen-bond donors (Lipinski definition) is 1. The van der Waals surface area contributed by atoms with Gasteiger partial charge in [0.05, 0.1) is 0 Å². The normalized spacial score (nSPS) is 10.3. The molecule has 0 aliphatic heterocycles. The third-order valence-electron chi connectivity index (χ3n) is 3.78. The van der Waals surface area contributed by atoms with Crippen molar-refractivity contribution in [2.75, 3.05) is 13.1 Å². The molecule has 1 N–H and O–H groups in total. The quantitative estimate of drug-likeness (QED) is 0.713. The minimum Gasteiger partial charge on any atom is -0.356 e. The molecule has 2 amide bonds. The molecule has 0 saturated carbocycles. The number of nitrogens with zero attached hydrogens (tertiary/aromatic N) is 1. The second-order valence-electron chi connectivity index (χ2n) is 5.67. The Labute approximate surface area is 133 Å². The van der Waals surface area contributed by atoms with Gasteiger partial charge in [-0.2, -0.15) is 0 Å². The van der Waals surface area contributed by atoms with Crippen LogP contribution in [0.2, 0.25) is 0 Å². The lowest BCUT2D eigenvalue weighted by Crippen LogP contribution is -2.34. The van der Waals surface area contributed by atoms with Crippen LogP contribution in [0.4, 0.5) is 0 Å². The van der Waals surface area contributed by atoms with Crippen LogP contribution in [0.1, 0.15) is 50.7 Å². The van der Waals surface area contributed by atoms with E-state index in [-0.39, 0.29) is 11.8 Å². The van der Waals surface area contributed by atoms with E-state index in [2.05, 4.69) is 12.2 Å². The van der Waals surface area contributed by atoms with Crippen molar-refractivity contribution >= 4 is 11.8 Å². The third kappa shape index (κ3) is 6.74. The Kier molecular flexibility index (Phi) is 8.26. The summed E-state index contributed by atoms with van der Waals surface area (Å²) in [5.74, 6) is 0.0224. The lowest BCUT2D eigenvalue weighted by molar-refractivity contribution is -0.130. The van der Waals surface area contributed by atoms with Crippen molar-refractivity contribution in [2.24, 2.45) is 0 Å². The van der Waals surface area contributed by atoms with Crippen molar-refractivity contribution in [3.05, 3.63) is 35.4 Å². The Bertz CT molecular complexity index is 486. The number of carbonyl (C=O) groups is 2. The van der Waals surface area contributed by atoms with Gasteiger partial charge >= 0.3 is 0 Å². The molecule has 0 bridgehead atoms. The van der Waals surface area contributed by atoms with Gasteiger partial charge in [-0.3, -0.25) is 9.59 Å². The summed E-state index contributed by atoms with van der Waals surface area (Å²) in [5, 5.41) is 2.91. The minimum absolute atomic E-state index is 0.00189. The molecular formula is C18H28N2O2. The standard InChI is InChI=1S/C18H28N2O2/c1-4-5-8-12-19-18(22)11-13-20(16(3)21)14-17-10-7-6-9-15(17)2/h6-7,9-10H,4-5,8,11-14H2,1-3H3,(H,19,22). The van der Waals surface area contributed by atoms with Gasteiger partial charge in [-0.15, -0.1) is 0 Å². The highest BCUT2D eigenvalue weighted by atomic mass is 16.2. The summed E-state index contributed by atoms with van der Waals surface area (Å²) >= 11 is 0. The maximum atomic E-state index is 11.8. The maximum Gasteiger partial charge on any atom is 0.221 e. The van der Waals surface area contributed by atoms with Gasteiger partial charge in [0, 0.05) is 33.0 Å². The number of carbonyl (C=O) groups excluding carboxylic acids is 2. The lowest BCUT2D eigenvalue weighted by Gasteiger charge is -2.22. The van der Waals surface area contributed by atoms with E-state index < -0.39 is 0 Å². The SMILES string of the molecule is CCCCCNC(=O)CCN(Cc1ccccc1C)C(C)=O. The van der Waals surface area contributed by atoms with Crippen LogP contribution in [-0.2, 0) is 16.1 Å². The van der Waals surface area contributed by atoms with E-state index in [0.717, 1.165) is 36.9 Å². The molecule has 122 valence electrons. The second kappa shape index (κ2) is 9.98. The van der Waals surface area contributed by atoms with Crippen LogP contribution < -0.4 is 5.32 Å². The maximum absolute atomic E-state index is 11.8. The van der Waals surface area contributed by atoms with Gasteiger partial charge in [-0.25, -0.2) is 0 Å². The summed E-state index contributed by atoms with van der Waals surface area (Å²) in [4.78, 5) is 25.3. The molecule has 0 radical (unpaired) electrons. The largest absolute Gasteiger partial charge is 0.356 e. The molecule has 0 aliphatic carbocycles. The smallest absolute Gasteiger partial charge is 0.221 e. The van der Waals surface area contributed by atoms with E-state index in [1.54, 1.807) is 11.8 Å². The van der Waals surface area contributed by atoms with Crippen LogP contribution in [0.25, 0.3) is 0 Å². The highest BCUT2D eigenvalue weighted by Crippen LogP contribution is 2.11. The first-order valence-corrected chi connectivity index (χ1v) is 8.11. The van der Waals surface area contributed by atoms with Gasteiger partial charge in [0.15, 0.2) is 0 Å². The van der Waals surface area contributed by atoms with Crippen molar-refractivity contribution in [1.29, 1.82) is 0 Å². The fraction of sp³-hybridized carbons (Fsp3) is 0.556. The van der Waals surface area contributed by atoms with Crippen molar-refractivity contribution < 1.29 is 9.59 Å². The van der Waals surface area contributed by atoms with E-state index in [9.17, 15) is 9.59 Å². The van der Waals surface area contributed by atoms with Crippen LogP contribution >= 0.6 is 0 Å². The molecule has 0 aliphatic rings. The predicted molar refractivity (Wildman–Crippen MR) is 89.4 cm³/mol. The number of nitrogens with one attached hydrogen (secondary N) is 1. The first-order valence-electron chi connectivity index (χ1n) is 8.11. The molecule has 1 aromatic rings. The number of rotatable bonds is 9. The fourth-order valence-corrected chi connectivity index (χ4v) is 2.27. The fourth-order valence-electron chi connectivity index (χ4n) is 2.27. The Morgan fingerprint density at radius 1 is 1.18 bits per heavy atom. The molecule has 4 heteroatoms. The average molecular weight is 304 g/mol. The van der Waals surface area contributed by atoms with Crippen LogP contribution in [-0.4, -0.2) is 29.8 Å². The molecule has 0 unspecified atom stereocenters. The number of benzene rings is 1. The summed E-state index contributed by atoms with van der Waals surface area (Å²) in [7, 11) is 0. The Hall–Kier alpha value is -1.84. The molecule has 0 saturated heterocycles. The van der Waals surface area contributed by atoms with E-state index in [0.29, 0.717) is 19.5 Å². The first kappa shape index (κ1) is 18.2. The molecule has 0 heterocycles. The third-order valence-corrected chi connectivity index (χ3v) is 3.78. The highest BCUT2D eigenvalue weighted by Gasteiger charge is 2.12. The number of amides is 2. The number of hydrogen-bond acceptors (Lipinski definition) is 2. The van der Waals surface area contributed by atoms with E-state index in [1.165, 1.54) is 0 Å². The molecule has 0 atom stereocenters. The van der Waals surface area contributed by atoms with Crippen LogP contribution in [0.5, 0.6) is 0 Å². The Morgan fingerprint density at radius 3 is 2.55 bits per heavy atom. The minimum atomic E-state index is 0.00189. The summed E-state index contributed by atoms with van der Waals surface area (Å²) in [5.41, 5.74) is 2.29. The van der Waals surface area contributed by atoms with E-state index in [1.807, 2.05) is 31.2 Å². The van der Waals surface area contributed by atoms with E-state index in [4.69, 9.17) is 0 Å². The topological polar surface area (TPSA) is 49.4 Å². The van der Waals surface area contributed by atoms with Gasteiger partial charge in [-0.05, 0) is 24.5 Å². The molecule has 0 aromatic heterocycles. The van der Waals surface area contributed by atoms with Gasteiger partial charge in [0.1, 0.15) is 0 Å². The average Bonchev–Trinajstić information content (AvgIpc) is 2.49. The molecular weight excluding hydrogens is 276 g/mol. The van der Waals surface area contributed by atoms with Gasteiger partial charge in [0.2, 0.25) is 11.8 Å². The number of unbranched alkanes of at least 4 members (excludes halogenated alkanes) is 2. The van der Waals surface area contributed by atoms with Gasteiger partial charge in [-0.1, -0.05) is 44.0 Å². The van der Waals surface area contributed by atoms with Crippen molar-refractivity contribution in [1.82, 2.24) is 10.2 Å². The van der Waals surface area contributed by atoms with Crippen molar-refractivity contribution in [3.8, 4) is 0 Å². The summed E-state index contributed by atoms with van der Waals surface area (Å²) in [6, 6.07) is 8.02. The van der Waals surface area contributed by atoms with Gasteiger partial charge in [0.25, 0.3) is 0 Å². The van der Waals surface area contributed by atoms with Crippen molar-refractivity contribution in [3.63, 3.8) is 0 Å². The zero-order valence-corrected chi connectivity index (χ0v) is 14.0. The predicted octanol–water partition coefficient (Wildman–Crippen LogP) is 3.04. The van der Waals surface area contributed by atoms with Crippen LogP contribution in [0, 0.1) is 6.92 Å². The van der Waals surface area contributed by atoms with Gasteiger partial charge < -0.3 is 10.2 Å². The zero-order chi connectivity index (χ0) is 16.4. The monoisotopic (exact) mass is 304 g/mol. The summed E-state index contributed by atoms with van der Waals surface area (Å²) < 4.78 is 0. The second-order valence-corrected chi connectivity index (χ2v) is 5.67. The number of aryl methyl sites for hydroxylation is 1. The zero-order valence-electron chi connectivity index (χ0n) is 14.0. The molecule has 4 nitrogen and oxygen atoms in total. The first-order chi connectivity index (χ1) is 10.5. The molecule has 1 aromatic carbocycles. The van der Waals surface area contributed by atoms with Crippen molar-refractivity contribution in [2.45, 2.75) is 53.0 Å².